The van der Waals surface area contributed by atoms with Crippen LogP contribution in [0.15, 0.2) is 29.6 Å². The summed E-state index contributed by atoms with van der Waals surface area (Å²) in [7, 11) is 1.61. The van der Waals surface area contributed by atoms with Crippen LogP contribution < -0.4 is 20.5 Å². The molecule has 1 heterocycles. The van der Waals surface area contributed by atoms with Gasteiger partial charge in [0.2, 0.25) is 0 Å². The zero-order chi connectivity index (χ0) is 15.8. The monoisotopic (exact) mass is 357 g/mol. The van der Waals surface area contributed by atoms with Crippen molar-refractivity contribution in [1.29, 1.82) is 0 Å². The van der Waals surface area contributed by atoms with E-state index in [1.165, 1.54) is 11.3 Å². The van der Waals surface area contributed by atoms with E-state index in [1.807, 2.05) is 24.3 Å². The van der Waals surface area contributed by atoms with Gasteiger partial charge in [0, 0.05) is 11.8 Å². The molecule has 2 rings (SSSR count). The summed E-state index contributed by atoms with van der Waals surface area (Å²) in [4.78, 5) is 16.1. The Labute approximate surface area is 145 Å². The van der Waals surface area contributed by atoms with Gasteiger partial charge in [0.05, 0.1) is 18.7 Å². The lowest BCUT2D eigenvalue weighted by Gasteiger charge is -2.07. The molecular formula is C15H20ClN3O3S. The van der Waals surface area contributed by atoms with Crippen molar-refractivity contribution in [3.63, 3.8) is 0 Å². The van der Waals surface area contributed by atoms with E-state index in [1.54, 1.807) is 12.5 Å². The van der Waals surface area contributed by atoms with Gasteiger partial charge in [-0.05, 0) is 30.8 Å². The molecule has 1 aromatic carbocycles. The first-order valence-corrected chi connectivity index (χ1v) is 7.80. The lowest BCUT2D eigenvalue weighted by Crippen LogP contribution is -2.28. The Morgan fingerprint density at radius 2 is 2.00 bits per heavy atom. The summed E-state index contributed by atoms with van der Waals surface area (Å²) >= 11 is 1.45. The predicted octanol–water partition coefficient (Wildman–Crippen LogP) is 1.88. The number of carbonyl (C=O) groups is 1. The minimum Gasteiger partial charge on any atom is -0.497 e. The van der Waals surface area contributed by atoms with Crippen molar-refractivity contribution in [3.05, 3.63) is 40.3 Å². The number of benzene rings is 1. The molecule has 0 saturated carbocycles. The van der Waals surface area contributed by atoms with Crippen molar-refractivity contribution < 1.29 is 14.3 Å². The number of nitrogens with one attached hydrogen (secondary N) is 1. The van der Waals surface area contributed by atoms with Crippen LogP contribution in [0.4, 0.5) is 0 Å². The minimum atomic E-state index is -0.196. The van der Waals surface area contributed by atoms with Crippen LogP contribution in [0.3, 0.4) is 0 Å². The number of hydrogen-bond acceptors (Lipinski definition) is 6. The molecule has 3 N–H and O–H groups in total. The summed E-state index contributed by atoms with van der Waals surface area (Å²) in [6.45, 7) is 1.33. The third-order valence-corrected chi connectivity index (χ3v) is 3.77. The number of rotatable bonds is 8. The molecule has 0 unspecified atom stereocenters. The first-order valence-electron chi connectivity index (χ1n) is 6.92. The quantitative estimate of drug-likeness (QED) is 0.704. The Balaban J connectivity index is 0.00000264. The lowest BCUT2D eigenvalue weighted by atomic mass is 10.3. The topological polar surface area (TPSA) is 86.5 Å². The van der Waals surface area contributed by atoms with Crippen LogP contribution in [0.1, 0.15) is 15.5 Å². The second-order valence-electron chi connectivity index (χ2n) is 4.45. The molecule has 0 radical (unpaired) electrons. The number of aromatic nitrogens is 1. The molecule has 0 saturated heterocycles. The van der Waals surface area contributed by atoms with Crippen LogP contribution in [0, 0.1) is 0 Å². The van der Waals surface area contributed by atoms with Crippen LogP contribution in [0.25, 0.3) is 0 Å². The predicted molar refractivity (Wildman–Crippen MR) is 92.9 cm³/mol. The van der Waals surface area contributed by atoms with Crippen molar-refractivity contribution in [2.24, 2.45) is 5.73 Å². The van der Waals surface area contributed by atoms with Gasteiger partial charge in [-0.25, -0.2) is 4.98 Å². The summed E-state index contributed by atoms with van der Waals surface area (Å²) in [6.07, 6.45) is 0.693. The molecule has 1 amide bonds. The number of nitrogens with zero attached hydrogens (tertiary/aromatic N) is 1. The zero-order valence-corrected chi connectivity index (χ0v) is 14.4. The van der Waals surface area contributed by atoms with Crippen LogP contribution >= 0.6 is 23.7 Å². The fourth-order valence-electron chi connectivity index (χ4n) is 1.75. The zero-order valence-electron chi connectivity index (χ0n) is 12.8. The number of methoxy groups -OCH3 is 1. The average molecular weight is 358 g/mol. The molecule has 23 heavy (non-hydrogen) atoms. The maximum Gasteiger partial charge on any atom is 0.270 e. The van der Waals surface area contributed by atoms with Crippen LogP contribution in [-0.2, 0) is 6.42 Å². The average Bonchev–Trinajstić information content (AvgIpc) is 3.01. The lowest BCUT2D eigenvalue weighted by molar-refractivity contribution is 0.0942. The fraction of sp³-hybridized carbons (Fsp3) is 0.333. The van der Waals surface area contributed by atoms with Gasteiger partial charge in [-0.2, -0.15) is 0 Å². The number of halogens is 1. The van der Waals surface area contributed by atoms with E-state index in [2.05, 4.69) is 10.3 Å². The highest BCUT2D eigenvalue weighted by Gasteiger charge is 2.09. The van der Waals surface area contributed by atoms with E-state index in [0.717, 1.165) is 16.5 Å². The van der Waals surface area contributed by atoms with Crippen molar-refractivity contribution in [2.45, 2.75) is 6.42 Å². The van der Waals surface area contributed by atoms with Crippen molar-refractivity contribution in [3.8, 4) is 11.5 Å². The van der Waals surface area contributed by atoms with Gasteiger partial charge in [-0.3, -0.25) is 4.79 Å². The van der Waals surface area contributed by atoms with Crippen LogP contribution in [0.2, 0.25) is 0 Å². The van der Waals surface area contributed by atoms with Crippen molar-refractivity contribution in [1.82, 2.24) is 10.3 Å². The normalized spacial score (nSPS) is 9.83. The SMILES string of the molecule is COc1ccc(OCCNC(=O)c2csc(CCN)n2)cc1.Cl. The minimum absolute atomic E-state index is 0. The van der Waals surface area contributed by atoms with Gasteiger partial charge in [0.15, 0.2) is 0 Å². The van der Waals surface area contributed by atoms with E-state index in [4.69, 9.17) is 15.2 Å². The smallest absolute Gasteiger partial charge is 0.270 e. The number of nitrogens with two attached hydrogens (primary N) is 1. The van der Waals surface area contributed by atoms with Gasteiger partial charge in [-0.1, -0.05) is 0 Å². The third-order valence-electron chi connectivity index (χ3n) is 2.86. The molecule has 126 valence electrons. The highest BCUT2D eigenvalue weighted by atomic mass is 35.5. The molecule has 0 spiro atoms. The van der Waals surface area contributed by atoms with Gasteiger partial charge in [0.25, 0.3) is 5.91 Å². The Morgan fingerprint density at radius 3 is 2.65 bits per heavy atom. The molecule has 0 fully saturated rings. The highest BCUT2D eigenvalue weighted by Crippen LogP contribution is 2.16. The first kappa shape index (κ1) is 19.2. The largest absolute Gasteiger partial charge is 0.497 e. The fourth-order valence-corrected chi connectivity index (χ4v) is 2.54. The Hall–Kier alpha value is -1.83. The molecule has 2 aromatic rings. The molecule has 0 aliphatic carbocycles. The summed E-state index contributed by atoms with van der Waals surface area (Å²) in [6, 6.07) is 7.28. The van der Waals surface area contributed by atoms with Crippen LogP contribution in [0.5, 0.6) is 11.5 Å². The summed E-state index contributed by atoms with van der Waals surface area (Å²) in [5.74, 6) is 1.31. The molecule has 0 aliphatic heterocycles. The van der Waals surface area contributed by atoms with Crippen molar-refractivity contribution in [2.75, 3.05) is 26.8 Å². The van der Waals surface area contributed by atoms with Crippen LogP contribution in [-0.4, -0.2) is 37.7 Å². The molecule has 6 nitrogen and oxygen atoms in total. The maximum absolute atomic E-state index is 11.9. The standard InChI is InChI=1S/C15H19N3O3S.ClH/c1-20-11-2-4-12(5-3-11)21-9-8-17-15(19)13-10-22-14(18-13)6-7-16;/h2-5,10H,6-9,16H2,1H3,(H,17,19);1H. The summed E-state index contributed by atoms with van der Waals surface area (Å²) in [5.41, 5.74) is 5.89. The summed E-state index contributed by atoms with van der Waals surface area (Å²) < 4.78 is 10.6. The molecule has 0 aliphatic rings. The van der Waals surface area contributed by atoms with Gasteiger partial charge < -0.3 is 20.5 Å². The second kappa shape index (κ2) is 10.0. The number of thiazole rings is 1. The van der Waals surface area contributed by atoms with E-state index < -0.39 is 0 Å². The molecule has 1 aromatic heterocycles. The van der Waals surface area contributed by atoms with E-state index in [9.17, 15) is 4.79 Å². The first-order chi connectivity index (χ1) is 10.7. The van der Waals surface area contributed by atoms with E-state index in [0.29, 0.717) is 31.8 Å². The van der Waals surface area contributed by atoms with E-state index in [-0.39, 0.29) is 18.3 Å². The van der Waals surface area contributed by atoms with Gasteiger partial charge >= 0.3 is 0 Å². The van der Waals surface area contributed by atoms with Gasteiger partial charge in [0.1, 0.15) is 23.8 Å². The van der Waals surface area contributed by atoms with Gasteiger partial charge in [-0.15, -0.1) is 23.7 Å². The third kappa shape index (κ3) is 6.05. The molecule has 0 bridgehead atoms. The number of hydrogen-bond donors (Lipinski definition) is 2. The summed E-state index contributed by atoms with van der Waals surface area (Å²) in [5, 5.41) is 5.39. The van der Waals surface area contributed by atoms with Crippen molar-refractivity contribution >= 4 is 29.7 Å². The number of ether oxygens (including phenoxy) is 2. The highest BCUT2D eigenvalue weighted by molar-refractivity contribution is 7.09. The molecule has 8 heteroatoms. The second-order valence-corrected chi connectivity index (χ2v) is 5.39. The Kier molecular flexibility index (Phi) is 8.39. The Bertz CT molecular complexity index is 604. The molecule has 0 atom stereocenters. The molecular weight excluding hydrogens is 338 g/mol. The Morgan fingerprint density at radius 1 is 1.30 bits per heavy atom. The number of carbonyl (C=O) groups excluding carboxylic acids is 1. The maximum atomic E-state index is 11.9. The van der Waals surface area contributed by atoms with E-state index >= 15 is 0 Å². The number of amides is 1.